The van der Waals surface area contributed by atoms with Gasteiger partial charge in [-0.1, -0.05) is 36.0 Å². The van der Waals surface area contributed by atoms with Gasteiger partial charge in [0.1, 0.15) is 10.8 Å². The third-order valence-electron chi connectivity index (χ3n) is 5.60. The van der Waals surface area contributed by atoms with Gasteiger partial charge in [0.05, 0.1) is 12.9 Å². The Morgan fingerprint density at radius 3 is 2.42 bits per heavy atom. The minimum Gasteiger partial charge on any atom is -0.497 e. The highest BCUT2D eigenvalue weighted by molar-refractivity contribution is 7.99. The van der Waals surface area contributed by atoms with E-state index in [0.717, 1.165) is 48.3 Å². The molecule has 4 rings (SSSR count). The molecule has 2 heterocycles. The first kappa shape index (κ1) is 22.9. The molecular weight excluding hydrogens is 434 g/mol. The Balaban J connectivity index is 1.21. The van der Waals surface area contributed by atoms with Gasteiger partial charge >= 0.3 is 0 Å². The first-order valence-electron chi connectivity index (χ1n) is 11.0. The molecule has 7 nitrogen and oxygen atoms in total. The van der Waals surface area contributed by atoms with Crippen molar-refractivity contribution in [1.82, 2.24) is 15.5 Å². The summed E-state index contributed by atoms with van der Waals surface area (Å²) in [5, 5.41) is 12.4. The molecule has 0 aliphatic carbocycles. The van der Waals surface area contributed by atoms with E-state index in [2.05, 4.69) is 56.5 Å². The van der Waals surface area contributed by atoms with Crippen LogP contribution in [-0.4, -0.2) is 55.1 Å². The average molecular weight is 464 g/mol. The van der Waals surface area contributed by atoms with Crippen molar-refractivity contribution in [3.05, 3.63) is 71.8 Å². The summed E-state index contributed by atoms with van der Waals surface area (Å²) < 4.78 is 5.15. The number of amides is 1. The number of aromatic nitrogens is 2. The standard InChI is InChI=1S/C25H29N5O2S/c1-19-4-3-5-21(16-19)29-12-14-30(15-13-29)23-10-11-25(28-27-23)33-18-24(31)26-17-20-6-8-22(32-2)9-7-20/h3-11,16H,12-15,17-18H2,1-2H3,(H,26,31). The Morgan fingerprint density at radius 1 is 1.00 bits per heavy atom. The van der Waals surface area contributed by atoms with Gasteiger partial charge in [0.25, 0.3) is 0 Å². The van der Waals surface area contributed by atoms with Crippen LogP contribution in [0, 0.1) is 6.92 Å². The summed E-state index contributed by atoms with van der Waals surface area (Å²) in [6.45, 7) is 6.33. The summed E-state index contributed by atoms with van der Waals surface area (Å²) in [7, 11) is 1.64. The van der Waals surface area contributed by atoms with Gasteiger partial charge < -0.3 is 19.9 Å². The molecule has 172 valence electrons. The number of carbonyl (C=O) groups is 1. The molecule has 0 radical (unpaired) electrons. The minimum absolute atomic E-state index is 0.0334. The topological polar surface area (TPSA) is 70.6 Å². The zero-order valence-electron chi connectivity index (χ0n) is 19.0. The molecule has 2 aromatic carbocycles. The molecule has 1 aromatic heterocycles. The highest BCUT2D eigenvalue weighted by Gasteiger charge is 2.19. The third kappa shape index (κ3) is 6.38. The maximum absolute atomic E-state index is 12.2. The number of thioether (sulfide) groups is 1. The Morgan fingerprint density at radius 2 is 1.76 bits per heavy atom. The van der Waals surface area contributed by atoms with E-state index in [9.17, 15) is 4.79 Å². The fraction of sp³-hybridized carbons (Fsp3) is 0.320. The first-order chi connectivity index (χ1) is 16.1. The van der Waals surface area contributed by atoms with Crippen LogP contribution in [0.4, 0.5) is 11.5 Å². The maximum atomic E-state index is 12.2. The summed E-state index contributed by atoms with van der Waals surface area (Å²) in [5.41, 5.74) is 3.59. The van der Waals surface area contributed by atoms with Crippen molar-refractivity contribution in [3.8, 4) is 5.75 Å². The molecule has 1 amide bonds. The molecule has 1 N–H and O–H groups in total. The minimum atomic E-state index is -0.0334. The Bertz CT molecular complexity index is 1050. The van der Waals surface area contributed by atoms with Gasteiger partial charge in [-0.25, -0.2) is 0 Å². The fourth-order valence-electron chi connectivity index (χ4n) is 3.71. The van der Waals surface area contributed by atoms with Crippen LogP contribution < -0.4 is 19.9 Å². The number of carbonyl (C=O) groups excluding carboxylic acids is 1. The normalized spacial score (nSPS) is 13.6. The van der Waals surface area contributed by atoms with Crippen molar-refractivity contribution < 1.29 is 9.53 Å². The number of nitrogens with zero attached hydrogens (tertiary/aromatic N) is 4. The predicted molar refractivity (Wildman–Crippen MR) is 133 cm³/mol. The van der Waals surface area contributed by atoms with Crippen molar-refractivity contribution in [1.29, 1.82) is 0 Å². The number of methoxy groups -OCH3 is 1. The third-order valence-corrected chi connectivity index (χ3v) is 6.52. The summed E-state index contributed by atoms with van der Waals surface area (Å²) in [4.78, 5) is 16.8. The second kappa shape index (κ2) is 11.0. The van der Waals surface area contributed by atoms with Gasteiger partial charge in [-0.2, -0.15) is 0 Å². The summed E-state index contributed by atoms with van der Waals surface area (Å²) in [6.07, 6.45) is 0. The van der Waals surface area contributed by atoms with Crippen LogP contribution in [0.2, 0.25) is 0 Å². The molecule has 1 aliphatic heterocycles. The number of nitrogens with one attached hydrogen (secondary N) is 1. The van der Waals surface area contributed by atoms with E-state index in [1.165, 1.54) is 23.0 Å². The summed E-state index contributed by atoms with van der Waals surface area (Å²) in [5.74, 6) is 1.95. The average Bonchev–Trinajstić information content (AvgIpc) is 2.87. The largest absolute Gasteiger partial charge is 0.497 e. The van der Waals surface area contributed by atoms with Gasteiger partial charge in [0, 0.05) is 38.4 Å². The molecule has 1 aliphatic rings. The summed E-state index contributed by atoms with van der Waals surface area (Å²) in [6, 6.07) is 20.2. The van der Waals surface area contributed by atoms with Gasteiger partial charge in [0.2, 0.25) is 5.91 Å². The van der Waals surface area contributed by atoms with Crippen molar-refractivity contribution in [3.63, 3.8) is 0 Å². The zero-order chi connectivity index (χ0) is 23.0. The van der Waals surface area contributed by atoms with Crippen LogP contribution in [0.25, 0.3) is 0 Å². The van der Waals surface area contributed by atoms with E-state index >= 15 is 0 Å². The Labute approximate surface area is 199 Å². The molecule has 1 saturated heterocycles. The van der Waals surface area contributed by atoms with E-state index in [0.29, 0.717) is 12.3 Å². The number of aryl methyl sites for hydroxylation is 1. The van der Waals surface area contributed by atoms with Crippen molar-refractivity contribution in [2.75, 3.05) is 48.8 Å². The molecule has 0 unspecified atom stereocenters. The van der Waals surface area contributed by atoms with Crippen molar-refractivity contribution >= 4 is 29.2 Å². The monoisotopic (exact) mass is 463 g/mol. The lowest BCUT2D eigenvalue weighted by molar-refractivity contribution is -0.118. The molecule has 3 aromatic rings. The first-order valence-corrected chi connectivity index (χ1v) is 12.0. The quantitative estimate of drug-likeness (QED) is 0.513. The number of anilines is 2. The van der Waals surface area contributed by atoms with E-state index in [4.69, 9.17) is 4.74 Å². The van der Waals surface area contributed by atoms with Crippen molar-refractivity contribution in [2.45, 2.75) is 18.5 Å². The lowest BCUT2D eigenvalue weighted by Crippen LogP contribution is -2.46. The van der Waals surface area contributed by atoms with Gasteiger partial charge in [0.15, 0.2) is 5.82 Å². The highest BCUT2D eigenvalue weighted by Crippen LogP contribution is 2.21. The second-order valence-electron chi connectivity index (χ2n) is 7.96. The van der Waals surface area contributed by atoms with E-state index in [1.54, 1.807) is 7.11 Å². The van der Waals surface area contributed by atoms with Gasteiger partial charge in [-0.15, -0.1) is 10.2 Å². The van der Waals surface area contributed by atoms with Crippen LogP contribution in [0.5, 0.6) is 5.75 Å². The van der Waals surface area contributed by atoms with E-state index < -0.39 is 0 Å². The zero-order valence-corrected chi connectivity index (χ0v) is 19.8. The van der Waals surface area contributed by atoms with Gasteiger partial charge in [-0.05, 0) is 54.4 Å². The van der Waals surface area contributed by atoms with Crippen molar-refractivity contribution in [2.24, 2.45) is 0 Å². The second-order valence-corrected chi connectivity index (χ2v) is 8.95. The molecule has 0 saturated carbocycles. The number of rotatable bonds is 8. The van der Waals surface area contributed by atoms with Crippen LogP contribution >= 0.6 is 11.8 Å². The van der Waals surface area contributed by atoms with E-state index in [1.807, 2.05) is 36.4 Å². The Kier molecular flexibility index (Phi) is 7.67. The molecular formula is C25H29N5O2S. The lowest BCUT2D eigenvalue weighted by atomic mass is 10.2. The predicted octanol–water partition coefficient (Wildman–Crippen LogP) is 3.53. The lowest BCUT2D eigenvalue weighted by Gasteiger charge is -2.36. The number of ether oxygens (including phenoxy) is 1. The van der Waals surface area contributed by atoms with Crippen LogP contribution in [0.1, 0.15) is 11.1 Å². The van der Waals surface area contributed by atoms with Gasteiger partial charge in [-0.3, -0.25) is 4.79 Å². The smallest absolute Gasteiger partial charge is 0.230 e. The number of hydrogen-bond acceptors (Lipinski definition) is 7. The molecule has 1 fully saturated rings. The number of benzene rings is 2. The molecule has 0 bridgehead atoms. The summed E-state index contributed by atoms with van der Waals surface area (Å²) >= 11 is 1.39. The highest BCUT2D eigenvalue weighted by atomic mass is 32.2. The Hall–Kier alpha value is -3.26. The number of hydrogen-bond donors (Lipinski definition) is 1. The SMILES string of the molecule is COc1ccc(CNC(=O)CSc2ccc(N3CCN(c4cccc(C)c4)CC3)nn2)cc1. The van der Waals surface area contributed by atoms with Crippen LogP contribution in [-0.2, 0) is 11.3 Å². The molecule has 0 atom stereocenters. The maximum Gasteiger partial charge on any atom is 0.230 e. The fourth-order valence-corrected chi connectivity index (χ4v) is 4.36. The molecule has 33 heavy (non-hydrogen) atoms. The van der Waals surface area contributed by atoms with Crippen LogP contribution in [0.15, 0.2) is 65.7 Å². The van der Waals surface area contributed by atoms with Crippen LogP contribution in [0.3, 0.4) is 0 Å². The molecule has 8 heteroatoms. The van der Waals surface area contributed by atoms with E-state index in [-0.39, 0.29) is 5.91 Å². The number of piperazine rings is 1. The molecule has 0 spiro atoms.